The molecule has 2 amide bonds. The van der Waals surface area contributed by atoms with Gasteiger partial charge in [0.05, 0.1) is 6.54 Å². The molecule has 2 N–H and O–H groups in total. The number of urea groups is 1. The lowest BCUT2D eigenvalue weighted by Crippen LogP contribution is -2.46. The van der Waals surface area contributed by atoms with Crippen LogP contribution in [-0.2, 0) is 0 Å². The summed E-state index contributed by atoms with van der Waals surface area (Å²) in [7, 11) is 0. The molecule has 1 aliphatic heterocycles. The molecule has 16 heavy (non-hydrogen) atoms. The first-order valence-electron chi connectivity index (χ1n) is 5.67. The second-order valence-electron chi connectivity index (χ2n) is 4.33. The number of carbonyl (C=O) groups excluding carboxylic acids is 1. The molecule has 0 bridgehead atoms. The Bertz CT molecular complexity index is 332. The van der Waals surface area contributed by atoms with Crippen LogP contribution in [-0.4, -0.2) is 28.9 Å². The normalized spacial score (nSPS) is 24.4. The molecule has 0 saturated carbocycles. The third-order valence-electron chi connectivity index (χ3n) is 3.13. The van der Waals surface area contributed by atoms with Crippen molar-refractivity contribution in [3.8, 4) is 12.3 Å². The maximum absolute atomic E-state index is 11.6. The molecule has 1 saturated heterocycles. The second-order valence-corrected chi connectivity index (χ2v) is 4.33. The van der Waals surface area contributed by atoms with Crippen molar-refractivity contribution in [3.63, 3.8) is 0 Å². The predicted molar refractivity (Wildman–Crippen MR) is 64.3 cm³/mol. The fourth-order valence-corrected chi connectivity index (χ4v) is 1.98. The number of rotatable bonds is 5. The zero-order valence-electron chi connectivity index (χ0n) is 9.97. The van der Waals surface area contributed by atoms with Gasteiger partial charge in [0.15, 0.2) is 0 Å². The minimum Gasteiger partial charge on any atom is -0.301 e. The van der Waals surface area contributed by atoms with Gasteiger partial charge in [0.25, 0.3) is 0 Å². The summed E-state index contributed by atoms with van der Waals surface area (Å²) < 4.78 is 0. The van der Waals surface area contributed by atoms with E-state index < -0.39 is 5.54 Å². The average Bonchev–Trinajstić information content (AvgIpc) is 2.44. The zero-order chi connectivity index (χ0) is 12.2. The quantitative estimate of drug-likeness (QED) is 0.541. The van der Waals surface area contributed by atoms with Gasteiger partial charge in [-0.25, -0.2) is 4.79 Å². The minimum atomic E-state index is -0.543. The van der Waals surface area contributed by atoms with Crippen LogP contribution in [0.4, 0.5) is 4.79 Å². The lowest BCUT2D eigenvalue weighted by atomic mass is 9.92. The standard InChI is InChI=1S/C12H19N3O/c1-4-6-7-8-12(3)10(13)14-11(16)15(12)9-5-2/h2H,4,6-9H2,1,3H3,(H2,13,14,16). The van der Waals surface area contributed by atoms with Crippen molar-refractivity contribution in [2.24, 2.45) is 0 Å². The second kappa shape index (κ2) is 5.02. The van der Waals surface area contributed by atoms with Gasteiger partial charge in [-0.2, -0.15) is 0 Å². The fourth-order valence-electron chi connectivity index (χ4n) is 1.98. The van der Waals surface area contributed by atoms with Crippen molar-refractivity contribution in [2.75, 3.05) is 6.54 Å². The van der Waals surface area contributed by atoms with E-state index in [2.05, 4.69) is 18.2 Å². The van der Waals surface area contributed by atoms with Gasteiger partial charge in [-0.05, 0) is 13.3 Å². The summed E-state index contributed by atoms with van der Waals surface area (Å²) in [6, 6.07) is -0.248. The molecule has 0 radical (unpaired) electrons. The number of nitrogens with one attached hydrogen (secondary N) is 2. The number of amides is 2. The van der Waals surface area contributed by atoms with E-state index in [9.17, 15) is 4.79 Å². The Hall–Kier alpha value is -1.50. The highest BCUT2D eigenvalue weighted by atomic mass is 16.2. The highest BCUT2D eigenvalue weighted by Crippen LogP contribution is 2.27. The van der Waals surface area contributed by atoms with Crippen molar-refractivity contribution in [2.45, 2.75) is 45.1 Å². The van der Waals surface area contributed by atoms with E-state index in [-0.39, 0.29) is 18.4 Å². The molecule has 88 valence electrons. The summed E-state index contributed by atoms with van der Waals surface area (Å²) in [4.78, 5) is 13.2. The van der Waals surface area contributed by atoms with Gasteiger partial charge in [-0.15, -0.1) is 6.42 Å². The molecule has 0 aliphatic carbocycles. The predicted octanol–water partition coefficient (Wildman–Crippen LogP) is 1.96. The van der Waals surface area contributed by atoms with Crippen molar-refractivity contribution < 1.29 is 4.79 Å². The Morgan fingerprint density at radius 2 is 2.25 bits per heavy atom. The van der Waals surface area contributed by atoms with Crippen molar-refractivity contribution in [1.29, 1.82) is 5.41 Å². The van der Waals surface area contributed by atoms with E-state index >= 15 is 0 Å². The summed E-state index contributed by atoms with van der Waals surface area (Å²) in [6.45, 7) is 4.29. The largest absolute Gasteiger partial charge is 0.324 e. The first kappa shape index (κ1) is 12.6. The van der Waals surface area contributed by atoms with Crippen molar-refractivity contribution in [3.05, 3.63) is 0 Å². The first-order valence-corrected chi connectivity index (χ1v) is 5.67. The van der Waals surface area contributed by atoms with E-state index in [1.54, 1.807) is 4.90 Å². The van der Waals surface area contributed by atoms with Gasteiger partial charge >= 0.3 is 6.03 Å². The molecule has 1 atom stereocenters. The molecule has 4 nitrogen and oxygen atoms in total. The van der Waals surface area contributed by atoms with Crippen LogP contribution in [0.3, 0.4) is 0 Å². The lowest BCUT2D eigenvalue weighted by Gasteiger charge is -2.31. The maximum atomic E-state index is 11.6. The van der Waals surface area contributed by atoms with E-state index in [4.69, 9.17) is 11.8 Å². The highest BCUT2D eigenvalue weighted by molar-refractivity contribution is 6.08. The van der Waals surface area contributed by atoms with Crippen LogP contribution in [0.2, 0.25) is 0 Å². The number of amidine groups is 1. The smallest absolute Gasteiger partial charge is 0.301 e. The van der Waals surface area contributed by atoms with E-state index in [0.717, 1.165) is 25.7 Å². The molecule has 0 aromatic rings. The molecule has 4 heteroatoms. The molecule has 1 rings (SSSR count). The number of carbonyl (C=O) groups is 1. The Morgan fingerprint density at radius 3 is 2.81 bits per heavy atom. The molecule has 0 spiro atoms. The summed E-state index contributed by atoms with van der Waals surface area (Å²) in [5.74, 6) is 2.74. The molecule has 1 aliphatic rings. The van der Waals surface area contributed by atoms with Crippen LogP contribution in [0.5, 0.6) is 0 Å². The van der Waals surface area contributed by atoms with Gasteiger partial charge < -0.3 is 4.90 Å². The SMILES string of the molecule is C#CCN1C(=O)NC(=N)C1(C)CCCCC. The first-order chi connectivity index (χ1) is 7.56. The van der Waals surface area contributed by atoms with Gasteiger partial charge in [0.2, 0.25) is 0 Å². The van der Waals surface area contributed by atoms with E-state index in [0.29, 0.717) is 0 Å². The maximum Gasteiger partial charge on any atom is 0.324 e. The van der Waals surface area contributed by atoms with Gasteiger partial charge in [-0.3, -0.25) is 10.7 Å². The van der Waals surface area contributed by atoms with Crippen LogP contribution >= 0.6 is 0 Å². The molecule has 1 heterocycles. The van der Waals surface area contributed by atoms with Crippen molar-refractivity contribution >= 4 is 11.9 Å². The van der Waals surface area contributed by atoms with E-state index in [1.807, 2.05) is 6.92 Å². The van der Waals surface area contributed by atoms with Crippen LogP contribution in [0.15, 0.2) is 0 Å². The summed E-state index contributed by atoms with van der Waals surface area (Å²) in [5, 5.41) is 10.4. The molecule has 1 unspecified atom stereocenters. The number of nitrogens with zero attached hydrogens (tertiary/aromatic N) is 1. The molecule has 0 aromatic carbocycles. The third kappa shape index (κ3) is 2.19. The Labute approximate surface area is 96.9 Å². The summed E-state index contributed by atoms with van der Waals surface area (Å²) >= 11 is 0. The van der Waals surface area contributed by atoms with Crippen LogP contribution in [0.25, 0.3) is 0 Å². The van der Waals surface area contributed by atoms with Gasteiger partial charge in [0.1, 0.15) is 11.4 Å². The topological polar surface area (TPSA) is 56.2 Å². The monoisotopic (exact) mass is 221 g/mol. The zero-order valence-corrected chi connectivity index (χ0v) is 9.97. The number of hydrogen-bond donors (Lipinski definition) is 2. The Kier molecular flexibility index (Phi) is 3.94. The molecule has 1 fully saturated rings. The lowest BCUT2D eigenvalue weighted by molar-refractivity contribution is 0.184. The Morgan fingerprint density at radius 1 is 1.56 bits per heavy atom. The number of terminal acetylenes is 1. The Balaban J connectivity index is 2.76. The fraction of sp³-hybridized carbons (Fsp3) is 0.667. The third-order valence-corrected chi connectivity index (χ3v) is 3.13. The molecular weight excluding hydrogens is 202 g/mol. The molecular formula is C12H19N3O. The van der Waals surface area contributed by atoms with Crippen LogP contribution < -0.4 is 5.32 Å². The van der Waals surface area contributed by atoms with Crippen LogP contribution in [0.1, 0.15) is 39.5 Å². The summed E-state index contributed by atoms with van der Waals surface area (Å²) in [6.07, 6.45) is 9.28. The number of unbranched alkanes of at least 4 members (excludes halogenated alkanes) is 2. The van der Waals surface area contributed by atoms with Gasteiger partial charge in [0, 0.05) is 0 Å². The number of hydrogen-bond acceptors (Lipinski definition) is 2. The summed E-state index contributed by atoms with van der Waals surface area (Å²) in [5.41, 5.74) is -0.543. The van der Waals surface area contributed by atoms with Crippen LogP contribution in [0, 0.1) is 17.8 Å². The highest BCUT2D eigenvalue weighted by Gasteiger charge is 2.45. The molecule has 0 aromatic heterocycles. The van der Waals surface area contributed by atoms with E-state index in [1.165, 1.54) is 0 Å². The van der Waals surface area contributed by atoms with Crippen molar-refractivity contribution in [1.82, 2.24) is 10.2 Å². The van der Waals surface area contributed by atoms with Gasteiger partial charge in [-0.1, -0.05) is 32.1 Å². The average molecular weight is 221 g/mol. The minimum absolute atomic E-state index is 0.248.